The number of hydrogen-bond acceptors (Lipinski definition) is 8. The summed E-state index contributed by atoms with van der Waals surface area (Å²) in [6.45, 7) is 0.105. The maximum atomic E-state index is 12.2. The van der Waals surface area contributed by atoms with Crippen LogP contribution >= 0.6 is 0 Å². The Bertz CT molecular complexity index is 972. The maximum absolute atomic E-state index is 12.2. The Hall–Kier alpha value is -2.79. The number of benzene rings is 1. The summed E-state index contributed by atoms with van der Waals surface area (Å²) in [4.78, 5) is 40.4. The van der Waals surface area contributed by atoms with Gasteiger partial charge in [0, 0.05) is 13.3 Å². The van der Waals surface area contributed by atoms with Crippen LogP contribution in [0.4, 0.5) is 0 Å². The predicted molar refractivity (Wildman–Crippen MR) is 97.4 cm³/mol. The molecule has 2 aliphatic heterocycles. The Kier molecular flexibility index (Phi) is 5.58. The molecule has 29 heavy (non-hydrogen) atoms. The van der Waals surface area contributed by atoms with E-state index in [-0.39, 0.29) is 18.8 Å². The summed E-state index contributed by atoms with van der Waals surface area (Å²) in [5, 5.41) is 0. The number of nitrogens with one attached hydrogen (secondary N) is 2. The number of carbonyl (C=O) groups excluding carboxylic acids is 1. The lowest BCUT2D eigenvalue weighted by Crippen LogP contribution is -2.33. The standard InChI is InChI=1S/C19H20N2O8/c1-25-9-13-28-15-12(8-26-18(23)10-5-3-2-4-6-10)27-14(16(15)29-13)11-7-20-19(24)21-17(11)22/h2-7,12-16H,8-9H2,1H3,(H2,20,21,22,24)/t12-,13?,14+,15-,16+/m1/s1. The third-order valence-electron chi connectivity index (χ3n) is 4.77. The van der Waals surface area contributed by atoms with E-state index in [1.165, 1.54) is 13.3 Å². The number of aromatic nitrogens is 2. The minimum absolute atomic E-state index is 0.0876. The summed E-state index contributed by atoms with van der Waals surface area (Å²) in [7, 11) is 1.51. The first kappa shape index (κ1) is 19.5. The molecule has 2 aromatic rings. The van der Waals surface area contributed by atoms with E-state index in [0.29, 0.717) is 5.56 Å². The number of rotatable bonds is 6. The monoisotopic (exact) mass is 404 g/mol. The summed E-state index contributed by atoms with van der Waals surface area (Å²) in [5.41, 5.74) is -0.601. The predicted octanol–water partition coefficient (Wildman–Crippen LogP) is 0.117. The molecule has 1 aromatic carbocycles. The van der Waals surface area contributed by atoms with E-state index in [4.69, 9.17) is 23.7 Å². The van der Waals surface area contributed by atoms with Gasteiger partial charge in [-0.1, -0.05) is 18.2 Å². The molecule has 2 N–H and O–H groups in total. The summed E-state index contributed by atoms with van der Waals surface area (Å²) in [6.07, 6.45) is -2.02. The molecule has 4 rings (SSSR count). The first-order valence-electron chi connectivity index (χ1n) is 9.06. The quantitative estimate of drug-likeness (QED) is 0.650. The molecule has 0 radical (unpaired) electrons. The maximum Gasteiger partial charge on any atom is 0.338 e. The van der Waals surface area contributed by atoms with Crippen molar-refractivity contribution in [1.29, 1.82) is 0 Å². The number of fused-ring (bicyclic) bond motifs is 1. The number of carbonyl (C=O) groups is 1. The van der Waals surface area contributed by atoms with Crippen LogP contribution in [0.1, 0.15) is 22.0 Å². The van der Waals surface area contributed by atoms with Gasteiger partial charge in [0.05, 0.1) is 17.7 Å². The number of ether oxygens (including phenoxy) is 5. The van der Waals surface area contributed by atoms with Crippen molar-refractivity contribution in [1.82, 2.24) is 9.97 Å². The van der Waals surface area contributed by atoms with E-state index in [2.05, 4.69) is 9.97 Å². The Balaban J connectivity index is 1.52. The molecule has 0 aliphatic carbocycles. The van der Waals surface area contributed by atoms with Gasteiger partial charge in [0.15, 0.2) is 6.29 Å². The van der Waals surface area contributed by atoms with Crippen molar-refractivity contribution in [2.24, 2.45) is 0 Å². The molecule has 5 atom stereocenters. The molecule has 10 heteroatoms. The second kappa shape index (κ2) is 8.29. The third kappa shape index (κ3) is 4.01. The zero-order valence-corrected chi connectivity index (χ0v) is 15.5. The summed E-state index contributed by atoms with van der Waals surface area (Å²) in [5.74, 6) is -0.497. The van der Waals surface area contributed by atoms with Gasteiger partial charge in [0.2, 0.25) is 0 Å². The second-order valence-electron chi connectivity index (χ2n) is 6.67. The average molecular weight is 404 g/mol. The van der Waals surface area contributed by atoms with E-state index in [9.17, 15) is 14.4 Å². The van der Waals surface area contributed by atoms with Crippen LogP contribution in [-0.4, -0.2) is 60.9 Å². The minimum atomic E-state index is -0.803. The number of aromatic amines is 2. The fourth-order valence-corrected chi connectivity index (χ4v) is 3.47. The van der Waals surface area contributed by atoms with Crippen LogP contribution in [0, 0.1) is 0 Å². The average Bonchev–Trinajstić information content (AvgIpc) is 3.26. The highest BCUT2D eigenvalue weighted by Crippen LogP contribution is 2.41. The Morgan fingerprint density at radius 3 is 2.55 bits per heavy atom. The van der Waals surface area contributed by atoms with Crippen molar-refractivity contribution in [2.45, 2.75) is 30.7 Å². The van der Waals surface area contributed by atoms with Crippen molar-refractivity contribution in [3.05, 3.63) is 68.5 Å². The zero-order chi connectivity index (χ0) is 20.4. The van der Waals surface area contributed by atoms with Gasteiger partial charge in [-0.25, -0.2) is 9.59 Å². The Morgan fingerprint density at radius 2 is 1.83 bits per heavy atom. The molecular weight excluding hydrogens is 384 g/mol. The van der Waals surface area contributed by atoms with Gasteiger partial charge in [-0.3, -0.25) is 9.78 Å². The van der Waals surface area contributed by atoms with Crippen molar-refractivity contribution < 1.29 is 28.5 Å². The summed E-state index contributed by atoms with van der Waals surface area (Å²) >= 11 is 0. The van der Waals surface area contributed by atoms with Crippen LogP contribution in [0.5, 0.6) is 0 Å². The summed E-state index contributed by atoms with van der Waals surface area (Å²) < 4.78 is 28.1. The molecule has 0 amide bonds. The lowest BCUT2D eigenvalue weighted by atomic mass is 10.0. The Morgan fingerprint density at radius 1 is 1.07 bits per heavy atom. The largest absolute Gasteiger partial charge is 0.459 e. The molecule has 2 aliphatic rings. The van der Waals surface area contributed by atoms with Gasteiger partial charge in [-0.05, 0) is 12.1 Å². The van der Waals surface area contributed by atoms with Crippen LogP contribution in [-0.2, 0) is 23.7 Å². The normalized spacial score (nSPS) is 28.2. The van der Waals surface area contributed by atoms with E-state index >= 15 is 0 Å². The molecule has 0 spiro atoms. The molecule has 3 heterocycles. The van der Waals surface area contributed by atoms with Crippen LogP contribution in [0.25, 0.3) is 0 Å². The number of hydrogen-bond donors (Lipinski definition) is 2. The fourth-order valence-electron chi connectivity index (χ4n) is 3.47. The molecule has 2 fully saturated rings. The van der Waals surface area contributed by atoms with Crippen molar-refractivity contribution in [2.75, 3.05) is 20.3 Å². The van der Waals surface area contributed by atoms with Crippen LogP contribution in [0.3, 0.4) is 0 Å². The molecule has 2 saturated heterocycles. The van der Waals surface area contributed by atoms with Crippen LogP contribution in [0.2, 0.25) is 0 Å². The zero-order valence-electron chi connectivity index (χ0n) is 15.5. The van der Waals surface area contributed by atoms with E-state index in [1.54, 1.807) is 30.3 Å². The van der Waals surface area contributed by atoms with E-state index in [1.807, 2.05) is 0 Å². The smallest absolute Gasteiger partial charge is 0.338 e. The fraction of sp³-hybridized carbons (Fsp3) is 0.421. The Labute approximate surface area is 164 Å². The van der Waals surface area contributed by atoms with Gasteiger partial charge in [0.25, 0.3) is 5.56 Å². The molecule has 0 bridgehead atoms. The van der Waals surface area contributed by atoms with Crippen molar-refractivity contribution in [3.63, 3.8) is 0 Å². The van der Waals surface area contributed by atoms with Gasteiger partial charge >= 0.3 is 11.7 Å². The molecule has 0 saturated carbocycles. The number of methoxy groups -OCH3 is 1. The van der Waals surface area contributed by atoms with Gasteiger partial charge in [-0.2, -0.15) is 0 Å². The SMILES string of the molecule is COCC1O[C@@H]2[C@H](O1)[C@@H](COC(=O)c1ccccc1)O[C@H]2c1c[nH]c(=O)[nH]c1=O. The van der Waals surface area contributed by atoms with Crippen molar-refractivity contribution >= 4 is 5.97 Å². The molecule has 154 valence electrons. The highest BCUT2D eigenvalue weighted by atomic mass is 16.8. The highest BCUT2D eigenvalue weighted by Gasteiger charge is 2.54. The number of H-pyrrole nitrogens is 2. The van der Waals surface area contributed by atoms with E-state index in [0.717, 1.165) is 0 Å². The van der Waals surface area contributed by atoms with Crippen LogP contribution < -0.4 is 11.2 Å². The van der Waals surface area contributed by atoms with Gasteiger partial charge in [-0.15, -0.1) is 0 Å². The number of esters is 1. The molecule has 1 aromatic heterocycles. The van der Waals surface area contributed by atoms with Gasteiger partial charge in [0.1, 0.15) is 31.0 Å². The minimum Gasteiger partial charge on any atom is -0.459 e. The molecular formula is C19H20N2O8. The lowest BCUT2D eigenvalue weighted by Gasteiger charge is -2.19. The lowest BCUT2D eigenvalue weighted by molar-refractivity contribution is -0.156. The summed E-state index contributed by atoms with van der Waals surface area (Å²) in [6, 6.07) is 8.56. The second-order valence-corrected chi connectivity index (χ2v) is 6.67. The molecule has 1 unspecified atom stereocenters. The van der Waals surface area contributed by atoms with Crippen LogP contribution in [0.15, 0.2) is 46.1 Å². The first-order chi connectivity index (χ1) is 14.1. The van der Waals surface area contributed by atoms with Gasteiger partial charge < -0.3 is 28.7 Å². The first-order valence-corrected chi connectivity index (χ1v) is 9.06. The molecule has 10 nitrogen and oxygen atoms in total. The third-order valence-corrected chi connectivity index (χ3v) is 4.77. The van der Waals surface area contributed by atoms with E-state index < -0.39 is 47.9 Å². The topological polar surface area (TPSA) is 129 Å². The highest BCUT2D eigenvalue weighted by molar-refractivity contribution is 5.89. The van der Waals surface area contributed by atoms with Crippen molar-refractivity contribution in [3.8, 4) is 0 Å².